The Morgan fingerprint density at radius 3 is 2.61 bits per heavy atom. The topological polar surface area (TPSA) is 71.9 Å². The quantitative estimate of drug-likeness (QED) is 0.599. The van der Waals surface area contributed by atoms with Gasteiger partial charge < -0.3 is 20.3 Å². The van der Waals surface area contributed by atoms with Crippen LogP contribution in [0.3, 0.4) is 0 Å². The number of ether oxygens (including phenoxy) is 1. The van der Waals surface area contributed by atoms with Crippen molar-refractivity contribution in [3.8, 4) is 0 Å². The maximum Gasteiger partial charge on any atom is 0.280 e. The number of thiophene rings is 1. The lowest BCUT2D eigenvalue weighted by Crippen LogP contribution is -3.15. The summed E-state index contributed by atoms with van der Waals surface area (Å²) in [6.45, 7) is 8.05. The number of aryl methyl sites for hydroxylation is 1. The second-order valence-corrected chi connectivity index (χ2v) is 9.60. The van der Waals surface area contributed by atoms with Crippen LogP contribution in [0.5, 0.6) is 0 Å². The number of hydrogen-bond donors (Lipinski definition) is 3. The minimum atomic E-state index is -0.0979. The zero-order valence-corrected chi connectivity index (χ0v) is 18.2. The van der Waals surface area contributed by atoms with E-state index in [0.717, 1.165) is 49.3 Å². The fourth-order valence-corrected chi connectivity index (χ4v) is 6.02. The molecule has 0 saturated carbocycles. The average Bonchev–Trinajstić information content (AvgIpc) is 2.98. The molecule has 2 heterocycles. The Hall–Kier alpha value is -1.44. The average molecular weight is 409 g/mol. The van der Waals surface area contributed by atoms with Crippen molar-refractivity contribution in [1.29, 1.82) is 0 Å². The van der Waals surface area contributed by atoms with Crippen LogP contribution in [0.25, 0.3) is 0 Å². The molecule has 1 unspecified atom stereocenters. The van der Waals surface area contributed by atoms with Gasteiger partial charge in [-0.05, 0) is 37.7 Å². The van der Waals surface area contributed by atoms with Gasteiger partial charge in [-0.1, -0.05) is 13.8 Å². The maximum atomic E-state index is 12.8. The molecule has 3 atom stereocenters. The molecule has 1 saturated heterocycles. The number of hydrogen-bond acceptors (Lipinski definition) is 4. The number of nitrogens with one attached hydrogen (secondary N) is 3. The summed E-state index contributed by atoms with van der Waals surface area (Å²) in [7, 11) is 1.62. The van der Waals surface area contributed by atoms with Crippen molar-refractivity contribution in [3.63, 3.8) is 0 Å². The van der Waals surface area contributed by atoms with Crippen LogP contribution in [0, 0.1) is 11.8 Å². The molecule has 3 N–H and O–H groups in total. The van der Waals surface area contributed by atoms with E-state index in [2.05, 4.69) is 24.5 Å². The van der Waals surface area contributed by atoms with E-state index in [1.807, 2.05) is 0 Å². The third-order valence-electron chi connectivity index (χ3n) is 5.73. The van der Waals surface area contributed by atoms with Crippen molar-refractivity contribution in [2.45, 2.75) is 46.0 Å². The minimum Gasteiger partial charge on any atom is -0.383 e. The van der Waals surface area contributed by atoms with E-state index >= 15 is 0 Å². The zero-order chi connectivity index (χ0) is 20.1. The van der Waals surface area contributed by atoms with Crippen LogP contribution in [0.15, 0.2) is 0 Å². The molecule has 1 aromatic rings. The van der Waals surface area contributed by atoms with Crippen molar-refractivity contribution >= 4 is 28.2 Å². The molecule has 28 heavy (non-hydrogen) atoms. The van der Waals surface area contributed by atoms with Gasteiger partial charge >= 0.3 is 0 Å². The van der Waals surface area contributed by atoms with E-state index in [1.165, 1.54) is 16.2 Å². The molecule has 1 aliphatic heterocycles. The molecule has 0 spiro atoms. The number of piperidine rings is 1. The number of methoxy groups -OCH3 is 1. The third-order valence-corrected chi connectivity index (χ3v) is 6.94. The highest BCUT2D eigenvalue weighted by Crippen LogP contribution is 2.38. The third kappa shape index (κ3) is 5.33. The summed E-state index contributed by atoms with van der Waals surface area (Å²) in [6.07, 6.45) is 5.42. The molecule has 0 bridgehead atoms. The second-order valence-electron chi connectivity index (χ2n) is 8.49. The fourth-order valence-electron chi connectivity index (χ4n) is 4.71. The Morgan fingerprint density at radius 2 is 1.89 bits per heavy atom. The van der Waals surface area contributed by atoms with E-state index in [9.17, 15) is 9.59 Å². The zero-order valence-electron chi connectivity index (χ0n) is 17.4. The van der Waals surface area contributed by atoms with Gasteiger partial charge in [0, 0.05) is 30.4 Å². The molecular formula is C21H34N3O3S+. The van der Waals surface area contributed by atoms with Gasteiger partial charge in [0.2, 0.25) is 0 Å². The number of rotatable bonds is 7. The highest BCUT2D eigenvalue weighted by molar-refractivity contribution is 7.17. The molecule has 2 amide bonds. The van der Waals surface area contributed by atoms with Gasteiger partial charge in [0.1, 0.15) is 5.00 Å². The van der Waals surface area contributed by atoms with Crippen molar-refractivity contribution in [2.75, 3.05) is 45.2 Å². The van der Waals surface area contributed by atoms with Crippen LogP contribution in [-0.4, -0.2) is 51.7 Å². The van der Waals surface area contributed by atoms with Crippen LogP contribution in [0.1, 0.15) is 53.9 Å². The number of anilines is 1. The lowest BCUT2D eigenvalue weighted by atomic mass is 9.92. The summed E-state index contributed by atoms with van der Waals surface area (Å²) in [5.41, 5.74) is 1.81. The predicted molar refractivity (Wildman–Crippen MR) is 112 cm³/mol. The van der Waals surface area contributed by atoms with E-state index in [0.29, 0.717) is 37.1 Å². The van der Waals surface area contributed by atoms with Crippen LogP contribution in [0.2, 0.25) is 0 Å². The predicted octanol–water partition coefficient (Wildman–Crippen LogP) is 1.50. The molecular weight excluding hydrogens is 374 g/mol. The first-order valence-electron chi connectivity index (χ1n) is 10.5. The van der Waals surface area contributed by atoms with Gasteiger partial charge in [-0.2, -0.15) is 0 Å². The van der Waals surface area contributed by atoms with E-state index in [-0.39, 0.29) is 11.8 Å². The van der Waals surface area contributed by atoms with Crippen LogP contribution in [0.4, 0.5) is 5.00 Å². The summed E-state index contributed by atoms with van der Waals surface area (Å²) >= 11 is 1.59. The van der Waals surface area contributed by atoms with Crippen LogP contribution in [-0.2, 0) is 22.4 Å². The summed E-state index contributed by atoms with van der Waals surface area (Å²) in [5.74, 6) is 1.23. The molecule has 3 rings (SSSR count). The van der Waals surface area contributed by atoms with Crippen molar-refractivity contribution in [1.82, 2.24) is 5.32 Å². The Kier molecular flexibility index (Phi) is 7.48. The lowest BCUT2D eigenvalue weighted by molar-refractivity contribution is -0.904. The Balaban J connectivity index is 1.70. The van der Waals surface area contributed by atoms with Gasteiger partial charge in [-0.15, -0.1) is 11.3 Å². The normalized spacial score (nSPS) is 24.5. The first-order chi connectivity index (χ1) is 13.5. The molecule has 6 nitrogen and oxygen atoms in total. The number of likely N-dealkylation sites (tertiary alicyclic amines) is 1. The molecule has 1 aliphatic carbocycles. The second kappa shape index (κ2) is 9.85. The number of amides is 2. The highest BCUT2D eigenvalue weighted by atomic mass is 32.1. The van der Waals surface area contributed by atoms with E-state index in [1.54, 1.807) is 18.4 Å². The lowest BCUT2D eigenvalue weighted by Gasteiger charge is -2.31. The summed E-state index contributed by atoms with van der Waals surface area (Å²) in [4.78, 5) is 28.2. The Labute approximate surface area is 172 Å². The smallest absolute Gasteiger partial charge is 0.280 e. The van der Waals surface area contributed by atoms with Gasteiger partial charge in [0.15, 0.2) is 6.54 Å². The molecule has 1 fully saturated rings. The first kappa shape index (κ1) is 21.3. The van der Waals surface area contributed by atoms with Crippen LogP contribution >= 0.6 is 11.3 Å². The van der Waals surface area contributed by atoms with E-state index < -0.39 is 0 Å². The van der Waals surface area contributed by atoms with Crippen molar-refractivity contribution < 1.29 is 19.2 Å². The largest absolute Gasteiger partial charge is 0.383 e. The first-order valence-corrected chi connectivity index (χ1v) is 11.3. The Morgan fingerprint density at radius 1 is 1.18 bits per heavy atom. The minimum absolute atomic E-state index is 0.0147. The maximum absolute atomic E-state index is 12.8. The fraction of sp³-hybridized carbons (Fsp3) is 0.714. The molecule has 2 aliphatic rings. The molecule has 1 aromatic heterocycles. The molecule has 0 radical (unpaired) electrons. The summed E-state index contributed by atoms with van der Waals surface area (Å²) in [6, 6.07) is 0. The standard InChI is InChI=1S/C21H33N3O3S/c1-14-10-15(2)12-24(11-14)13-18(25)23-21-19(20(26)22-8-9-27-3)16-6-4-5-7-17(16)28-21/h14-15H,4-13H2,1-3H3,(H,22,26)(H,23,25)/p+1/t14-,15+. The summed E-state index contributed by atoms with van der Waals surface area (Å²) < 4.78 is 5.03. The number of carbonyl (C=O) groups excluding carboxylic acids is 2. The van der Waals surface area contributed by atoms with Gasteiger partial charge in [-0.25, -0.2) is 0 Å². The number of fused-ring (bicyclic) bond motifs is 1. The van der Waals surface area contributed by atoms with Crippen molar-refractivity contribution in [3.05, 3.63) is 16.0 Å². The van der Waals surface area contributed by atoms with Gasteiger partial charge in [-0.3, -0.25) is 9.59 Å². The van der Waals surface area contributed by atoms with Crippen molar-refractivity contribution in [2.24, 2.45) is 11.8 Å². The van der Waals surface area contributed by atoms with Gasteiger partial charge in [0.25, 0.3) is 11.8 Å². The SMILES string of the molecule is COCCNC(=O)c1c(NC(=O)C[NH+]2C[C@H](C)C[C@H](C)C2)sc2c1CCCC2. The molecule has 7 heteroatoms. The van der Waals surface area contributed by atoms with Crippen LogP contribution < -0.4 is 15.5 Å². The highest BCUT2D eigenvalue weighted by Gasteiger charge is 2.29. The van der Waals surface area contributed by atoms with Gasteiger partial charge in [0.05, 0.1) is 25.3 Å². The number of quaternary nitrogens is 1. The van der Waals surface area contributed by atoms with E-state index in [4.69, 9.17) is 4.74 Å². The Bertz CT molecular complexity index is 693. The monoisotopic (exact) mass is 408 g/mol. The molecule has 156 valence electrons. The summed E-state index contributed by atoms with van der Waals surface area (Å²) in [5, 5.41) is 6.74. The molecule has 0 aromatic carbocycles. The number of carbonyl (C=O) groups is 2.